The van der Waals surface area contributed by atoms with Gasteiger partial charge in [-0.25, -0.2) is 4.57 Å². The summed E-state index contributed by atoms with van der Waals surface area (Å²) in [6, 6.07) is -1.54. The fraction of sp³-hybridized carbons (Fsp3) is 0.646. The summed E-state index contributed by atoms with van der Waals surface area (Å²) < 4.78 is 32.6. The predicted octanol–water partition coefficient (Wildman–Crippen LogP) is 12.3. The van der Waals surface area contributed by atoms with Crippen molar-refractivity contribution in [3.05, 3.63) is 85.1 Å². The van der Waals surface area contributed by atoms with Crippen molar-refractivity contribution in [3.8, 4) is 0 Å². The Morgan fingerprint density at radius 2 is 0.917 bits per heavy atom. The van der Waals surface area contributed by atoms with Crippen LogP contribution in [0, 0.1) is 0 Å². The Morgan fingerprint density at radius 3 is 1.38 bits per heavy atom. The van der Waals surface area contributed by atoms with Crippen LogP contribution >= 0.6 is 7.82 Å². The van der Waals surface area contributed by atoms with Crippen LogP contribution in [-0.4, -0.2) is 59.9 Å². The van der Waals surface area contributed by atoms with Gasteiger partial charge >= 0.3 is 25.7 Å². The number of carbonyl (C=O) groups is 3. The van der Waals surface area contributed by atoms with Crippen molar-refractivity contribution in [2.24, 2.45) is 5.73 Å². The maximum atomic E-state index is 12.6. The van der Waals surface area contributed by atoms with Gasteiger partial charge in [0.15, 0.2) is 6.10 Å². The minimum absolute atomic E-state index is 0.0316. The number of carbonyl (C=O) groups excluding carboxylic acids is 2. The standard InChI is InChI=1S/C48H80NO10P/c1-3-5-7-9-11-13-15-17-19-21-22-24-26-28-30-32-34-36-38-40-47(51)59-44(42-57-60(54,55)58-43-45(49)48(52)53)41-56-46(50)39-37-35-33-31-29-27-25-23-20-18-16-14-12-10-8-6-4-2/h11-14,17-20,22,24,28,30,34,36,44-45H,3-10,15-16,21,23,25-27,29,31-33,35,37-43,49H2,1-2H3,(H,52,53)(H,54,55)/b13-11-,14-12-,19-17-,20-18-,24-22-,30-28-,36-34-/t44-,45+/m1/s1. The van der Waals surface area contributed by atoms with E-state index in [9.17, 15) is 23.8 Å². The van der Waals surface area contributed by atoms with Gasteiger partial charge in [-0.15, -0.1) is 0 Å². The molecule has 0 aliphatic carbocycles. The highest BCUT2D eigenvalue weighted by molar-refractivity contribution is 7.47. The first-order valence-corrected chi connectivity index (χ1v) is 24.1. The minimum Gasteiger partial charge on any atom is -0.480 e. The lowest BCUT2D eigenvalue weighted by atomic mass is 10.1. The molecule has 0 aromatic heterocycles. The third-order valence-corrected chi connectivity index (χ3v) is 10.1. The summed E-state index contributed by atoms with van der Waals surface area (Å²) in [6.07, 6.45) is 52.3. The van der Waals surface area contributed by atoms with Crippen LogP contribution in [0.5, 0.6) is 0 Å². The lowest BCUT2D eigenvalue weighted by Crippen LogP contribution is -2.34. The van der Waals surface area contributed by atoms with Crippen molar-refractivity contribution in [1.82, 2.24) is 0 Å². The minimum atomic E-state index is -4.74. The van der Waals surface area contributed by atoms with Gasteiger partial charge in [-0.3, -0.25) is 23.4 Å². The molecule has 3 atom stereocenters. The molecule has 342 valence electrons. The molecular formula is C48H80NO10P. The van der Waals surface area contributed by atoms with Crippen LogP contribution in [0.15, 0.2) is 85.1 Å². The lowest BCUT2D eigenvalue weighted by Gasteiger charge is -2.20. The van der Waals surface area contributed by atoms with Crippen LogP contribution in [0.1, 0.15) is 168 Å². The molecule has 0 spiro atoms. The second-order valence-corrected chi connectivity index (χ2v) is 16.3. The zero-order valence-electron chi connectivity index (χ0n) is 37.0. The number of rotatable bonds is 41. The highest BCUT2D eigenvalue weighted by atomic mass is 31.2. The van der Waals surface area contributed by atoms with Gasteiger partial charge in [0.1, 0.15) is 12.6 Å². The Morgan fingerprint density at radius 1 is 0.517 bits per heavy atom. The number of phosphoric acid groups is 1. The SMILES string of the molecule is CCCCC/C=C\C/C=C\C/C=C\C/C=C\C/C=C\CCC(=O)O[C@H](COC(=O)CCCCCCCCC/C=C\C/C=C\CCCCC)COP(=O)(O)OC[C@H](N)C(=O)O. The Labute approximate surface area is 362 Å². The molecule has 1 unspecified atom stereocenters. The summed E-state index contributed by atoms with van der Waals surface area (Å²) >= 11 is 0. The van der Waals surface area contributed by atoms with Crippen LogP contribution in [0.2, 0.25) is 0 Å². The number of hydrogen-bond acceptors (Lipinski definition) is 9. The van der Waals surface area contributed by atoms with Crippen LogP contribution in [0.4, 0.5) is 0 Å². The van der Waals surface area contributed by atoms with Gasteiger partial charge in [-0.2, -0.15) is 0 Å². The number of phosphoric ester groups is 1. The van der Waals surface area contributed by atoms with E-state index >= 15 is 0 Å². The summed E-state index contributed by atoms with van der Waals surface area (Å²) in [5.74, 6) is -2.50. The monoisotopic (exact) mass is 862 g/mol. The number of carboxylic acid groups (broad SMARTS) is 1. The number of nitrogens with two attached hydrogens (primary N) is 1. The smallest absolute Gasteiger partial charge is 0.472 e. The number of ether oxygens (including phenoxy) is 2. The van der Waals surface area contributed by atoms with Crippen molar-refractivity contribution < 1.29 is 47.5 Å². The fourth-order valence-corrected chi connectivity index (χ4v) is 6.33. The van der Waals surface area contributed by atoms with Crippen LogP contribution in [0.3, 0.4) is 0 Å². The quantitative estimate of drug-likeness (QED) is 0.0231. The van der Waals surface area contributed by atoms with E-state index in [1.165, 1.54) is 57.8 Å². The van der Waals surface area contributed by atoms with E-state index in [0.717, 1.165) is 64.2 Å². The van der Waals surface area contributed by atoms with Crippen molar-refractivity contribution in [3.63, 3.8) is 0 Å². The molecule has 0 heterocycles. The number of unbranched alkanes of at least 4 members (excludes halogenated alkanes) is 13. The molecule has 0 aliphatic heterocycles. The third-order valence-electron chi connectivity index (χ3n) is 9.13. The molecule has 0 saturated heterocycles. The van der Waals surface area contributed by atoms with Gasteiger partial charge in [0.25, 0.3) is 0 Å². The molecule has 60 heavy (non-hydrogen) atoms. The second-order valence-electron chi connectivity index (χ2n) is 14.8. The number of hydrogen-bond donors (Lipinski definition) is 3. The molecule has 0 bridgehead atoms. The fourth-order valence-electron chi connectivity index (χ4n) is 5.55. The molecule has 4 N–H and O–H groups in total. The van der Waals surface area contributed by atoms with Gasteiger partial charge in [0.05, 0.1) is 13.2 Å². The second kappa shape index (κ2) is 42.4. The van der Waals surface area contributed by atoms with Gasteiger partial charge in [0.2, 0.25) is 0 Å². The normalized spacial score (nSPS) is 14.5. The maximum absolute atomic E-state index is 12.6. The topological polar surface area (TPSA) is 172 Å². The number of aliphatic carboxylic acids is 1. The summed E-state index contributed by atoms with van der Waals surface area (Å²) in [5, 5.41) is 8.89. The van der Waals surface area contributed by atoms with E-state index in [1.807, 2.05) is 12.2 Å². The van der Waals surface area contributed by atoms with Crippen LogP contribution < -0.4 is 5.73 Å². The maximum Gasteiger partial charge on any atom is 0.472 e. The van der Waals surface area contributed by atoms with Gasteiger partial charge in [-0.05, 0) is 83.5 Å². The largest absolute Gasteiger partial charge is 0.480 e. The van der Waals surface area contributed by atoms with Crippen LogP contribution in [0.25, 0.3) is 0 Å². The summed E-state index contributed by atoms with van der Waals surface area (Å²) in [5.41, 5.74) is 5.33. The van der Waals surface area contributed by atoms with Crippen molar-refractivity contribution in [1.29, 1.82) is 0 Å². The molecule has 0 aliphatic rings. The van der Waals surface area contributed by atoms with E-state index in [1.54, 1.807) is 0 Å². The van der Waals surface area contributed by atoms with Gasteiger partial charge in [-0.1, -0.05) is 157 Å². The Balaban J connectivity index is 4.50. The predicted molar refractivity (Wildman–Crippen MR) is 244 cm³/mol. The van der Waals surface area contributed by atoms with E-state index in [2.05, 4.69) is 91.3 Å². The van der Waals surface area contributed by atoms with E-state index in [0.29, 0.717) is 19.3 Å². The average Bonchev–Trinajstić information content (AvgIpc) is 3.22. The zero-order valence-corrected chi connectivity index (χ0v) is 37.9. The third kappa shape index (κ3) is 41.4. The number of allylic oxidation sites excluding steroid dienone is 14. The van der Waals surface area contributed by atoms with Crippen molar-refractivity contribution in [2.45, 2.75) is 180 Å². The lowest BCUT2D eigenvalue weighted by molar-refractivity contribution is -0.161. The molecule has 11 nitrogen and oxygen atoms in total. The summed E-state index contributed by atoms with van der Waals surface area (Å²) in [7, 11) is -4.74. The van der Waals surface area contributed by atoms with Crippen molar-refractivity contribution in [2.75, 3.05) is 19.8 Å². The first-order valence-electron chi connectivity index (χ1n) is 22.6. The van der Waals surface area contributed by atoms with E-state index < -0.39 is 51.1 Å². The van der Waals surface area contributed by atoms with Crippen LogP contribution in [-0.2, 0) is 37.5 Å². The molecule has 0 saturated carbocycles. The summed E-state index contributed by atoms with van der Waals surface area (Å²) in [4.78, 5) is 46.0. The first kappa shape index (κ1) is 56.7. The Bertz CT molecular complexity index is 1340. The molecular weight excluding hydrogens is 781 g/mol. The van der Waals surface area contributed by atoms with E-state index in [-0.39, 0.29) is 19.4 Å². The van der Waals surface area contributed by atoms with Gasteiger partial charge < -0.3 is 25.2 Å². The highest BCUT2D eigenvalue weighted by Crippen LogP contribution is 2.43. The molecule has 12 heteroatoms. The average molecular weight is 862 g/mol. The molecule has 0 amide bonds. The number of carboxylic acids is 1. The molecule has 0 aromatic rings. The molecule has 0 fully saturated rings. The number of esters is 2. The molecule has 0 radical (unpaired) electrons. The summed E-state index contributed by atoms with van der Waals surface area (Å²) in [6.45, 7) is 2.66. The Kier molecular flexibility index (Phi) is 40.0. The first-order chi connectivity index (χ1) is 29.1. The highest BCUT2D eigenvalue weighted by Gasteiger charge is 2.28. The van der Waals surface area contributed by atoms with Crippen molar-refractivity contribution >= 4 is 25.7 Å². The van der Waals surface area contributed by atoms with Gasteiger partial charge in [0, 0.05) is 12.8 Å². The molecule has 0 aromatic carbocycles. The Hall–Kier alpha value is -3.34. The molecule has 0 rings (SSSR count). The van der Waals surface area contributed by atoms with E-state index in [4.69, 9.17) is 24.8 Å². The zero-order chi connectivity index (χ0) is 44.2.